The minimum Gasteiger partial charge on any atom is -0.337 e. The third-order valence-electron chi connectivity index (χ3n) is 3.69. The molecule has 0 saturated carbocycles. The molecule has 1 aliphatic rings. The van der Waals surface area contributed by atoms with Crippen molar-refractivity contribution in [2.45, 2.75) is 27.7 Å². The highest BCUT2D eigenvalue weighted by Gasteiger charge is 2.38. The van der Waals surface area contributed by atoms with Crippen LogP contribution in [0.4, 0.5) is 0 Å². The summed E-state index contributed by atoms with van der Waals surface area (Å²) in [6.07, 6.45) is 1.70. The van der Waals surface area contributed by atoms with E-state index in [1.165, 1.54) is 0 Å². The second kappa shape index (κ2) is 3.79. The zero-order chi connectivity index (χ0) is 13.8. The van der Waals surface area contributed by atoms with Crippen molar-refractivity contribution in [2.24, 2.45) is 5.41 Å². The Kier molecular flexibility index (Phi) is 2.42. The molecule has 5 nitrogen and oxygen atoms in total. The fourth-order valence-corrected chi connectivity index (χ4v) is 2.83. The Bertz CT molecular complexity index is 663. The molecule has 100 valence electrons. The Labute approximate surface area is 112 Å². The van der Waals surface area contributed by atoms with Gasteiger partial charge in [0.1, 0.15) is 0 Å². The normalized spacial score (nSPS) is 17.6. The molecule has 0 bridgehead atoms. The number of carbonyl (C=O) groups is 1. The summed E-state index contributed by atoms with van der Waals surface area (Å²) in [7, 11) is 0. The molecule has 0 atom stereocenters. The van der Waals surface area contributed by atoms with Gasteiger partial charge in [-0.2, -0.15) is 5.10 Å². The fourth-order valence-electron chi connectivity index (χ4n) is 2.83. The Balaban J connectivity index is 2.03. The monoisotopic (exact) mass is 258 g/mol. The molecular weight excluding hydrogens is 240 g/mol. The molecule has 0 N–H and O–H groups in total. The Morgan fingerprint density at radius 3 is 2.63 bits per heavy atom. The first-order valence-electron chi connectivity index (χ1n) is 6.49. The van der Waals surface area contributed by atoms with E-state index in [1.807, 2.05) is 24.8 Å². The second-order valence-corrected chi connectivity index (χ2v) is 6.08. The molecule has 0 radical (unpaired) electrons. The number of aryl methyl sites for hydroxylation is 2. The van der Waals surface area contributed by atoms with Gasteiger partial charge < -0.3 is 4.90 Å². The summed E-state index contributed by atoms with van der Waals surface area (Å²) in [5, 5.41) is 4.22. The SMILES string of the molecule is Cc1nc2ccnn2c(C)c1C(=O)N1CC(C)(C)C1. The molecule has 2 aromatic heterocycles. The molecule has 3 rings (SSSR count). The largest absolute Gasteiger partial charge is 0.337 e. The highest BCUT2D eigenvalue weighted by molar-refractivity contribution is 5.97. The number of carbonyl (C=O) groups excluding carboxylic acids is 1. The van der Waals surface area contributed by atoms with Gasteiger partial charge in [0.05, 0.1) is 23.1 Å². The lowest BCUT2D eigenvalue weighted by Crippen LogP contribution is -2.55. The van der Waals surface area contributed by atoms with Crippen molar-refractivity contribution < 1.29 is 4.79 Å². The van der Waals surface area contributed by atoms with Crippen molar-refractivity contribution in [1.82, 2.24) is 19.5 Å². The molecule has 2 aromatic rings. The minimum atomic E-state index is 0.0687. The zero-order valence-electron chi connectivity index (χ0n) is 11.8. The summed E-state index contributed by atoms with van der Waals surface area (Å²) in [4.78, 5) is 18.9. The van der Waals surface area contributed by atoms with E-state index in [-0.39, 0.29) is 11.3 Å². The maximum atomic E-state index is 12.6. The van der Waals surface area contributed by atoms with Gasteiger partial charge in [-0.1, -0.05) is 13.8 Å². The number of fused-ring (bicyclic) bond motifs is 1. The number of nitrogens with zero attached hydrogens (tertiary/aromatic N) is 4. The van der Waals surface area contributed by atoms with Crippen LogP contribution in [-0.2, 0) is 0 Å². The second-order valence-electron chi connectivity index (χ2n) is 6.08. The summed E-state index contributed by atoms with van der Waals surface area (Å²) in [6.45, 7) is 9.77. The summed E-state index contributed by atoms with van der Waals surface area (Å²) in [5.74, 6) is 0.0687. The lowest BCUT2D eigenvalue weighted by molar-refractivity contribution is 0.0233. The van der Waals surface area contributed by atoms with Gasteiger partial charge in [0.2, 0.25) is 0 Å². The number of aromatic nitrogens is 3. The summed E-state index contributed by atoms with van der Waals surface area (Å²) in [5.41, 5.74) is 3.35. The third kappa shape index (κ3) is 1.80. The van der Waals surface area contributed by atoms with E-state index in [0.29, 0.717) is 5.56 Å². The molecular formula is C14H18N4O. The predicted molar refractivity (Wildman–Crippen MR) is 72.1 cm³/mol. The van der Waals surface area contributed by atoms with Crippen LogP contribution in [0.1, 0.15) is 35.6 Å². The lowest BCUT2D eigenvalue weighted by atomic mass is 9.84. The Morgan fingerprint density at radius 1 is 1.32 bits per heavy atom. The standard InChI is InChI=1S/C14H18N4O/c1-9-12(13(19)17-7-14(3,4)8-17)10(2)18-11(16-9)5-6-15-18/h5-6H,7-8H2,1-4H3. The molecule has 1 saturated heterocycles. The van der Waals surface area contributed by atoms with Gasteiger partial charge in [0.25, 0.3) is 5.91 Å². The summed E-state index contributed by atoms with van der Waals surface area (Å²) >= 11 is 0. The Morgan fingerprint density at radius 2 is 2.00 bits per heavy atom. The fraction of sp³-hybridized carbons (Fsp3) is 0.500. The van der Waals surface area contributed by atoms with Crippen molar-refractivity contribution in [3.63, 3.8) is 0 Å². The zero-order valence-corrected chi connectivity index (χ0v) is 11.8. The number of hydrogen-bond donors (Lipinski definition) is 0. The van der Waals surface area contributed by atoms with Gasteiger partial charge in [-0.15, -0.1) is 0 Å². The van der Waals surface area contributed by atoms with Crippen molar-refractivity contribution in [3.8, 4) is 0 Å². The minimum absolute atomic E-state index is 0.0687. The first-order chi connectivity index (χ1) is 8.89. The van der Waals surface area contributed by atoms with Crippen LogP contribution in [0.3, 0.4) is 0 Å². The average molecular weight is 258 g/mol. The summed E-state index contributed by atoms with van der Waals surface area (Å²) in [6, 6.07) is 1.85. The van der Waals surface area contributed by atoms with E-state index in [4.69, 9.17) is 0 Å². The molecule has 1 aliphatic heterocycles. The average Bonchev–Trinajstić information content (AvgIpc) is 2.73. The van der Waals surface area contributed by atoms with Crippen molar-refractivity contribution >= 4 is 11.6 Å². The molecule has 1 amide bonds. The van der Waals surface area contributed by atoms with E-state index in [1.54, 1.807) is 10.7 Å². The van der Waals surface area contributed by atoms with Crippen LogP contribution >= 0.6 is 0 Å². The van der Waals surface area contributed by atoms with E-state index >= 15 is 0 Å². The van der Waals surface area contributed by atoms with E-state index in [0.717, 1.165) is 30.1 Å². The molecule has 5 heteroatoms. The maximum Gasteiger partial charge on any atom is 0.257 e. The van der Waals surface area contributed by atoms with Crippen molar-refractivity contribution in [2.75, 3.05) is 13.1 Å². The molecule has 1 fully saturated rings. The van der Waals surface area contributed by atoms with E-state index < -0.39 is 0 Å². The van der Waals surface area contributed by atoms with Gasteiger partial charge in [0.15, 0.2) is 5.65 Å². The molecule has 3 heterocycles. The van der Waals surface area contributed by atoms with Gasteiger partial charge in [0, 0.05) is 19.2 Å². The van der Waals surface area contributed by atoms with Crippen LogP contribution in [0.25, 0.3) is 5.65 Å². The van der Waals surface area contributed by atoms with E-state index in [9.17, 15) is 4.79 Å². The molecule has 19 heavy (non-hydrogen) atoms. The number of amides is 1. The van der Waals surface area contributed by atoms with E-state index in [2.05, 4.69) is 23.9 Å². The lowest BCUT2D eigenvalue weighted by Gasteiger charge is -2.46. The third-order valence-corrected chi connectivity index (χ3v) is 3.69. The van der Waals surface area contributed by atoms with Crippen molar-refractivity contribution in [3.05, 3.63) is 29.2 Å². The topological polar surface area (TPSA) is 50.5 Å². The maximum absolute atomic E-state index is 12.6. The Hall–Kier alpha value is -1.91. The van der Waals surface area contributed by atoms with Gasteiger partial charge in [-0.3, -0.25) is 4.79 Å². The van der Waals surface area contributed by atoms with Crippen LogP contribution < -0.4 is 0 Å². The highest BCUT2D eigenvalue weighted by atomic mass is 16.2. The first-order valence-corrected chi connectivity index (χ1v) is 6.49. The van der Waals surface area contributed by atoms with Crippen LogP contribution in [0.2, 0.25) is 0 Å². The van der Waals surface area contributed by atoms with Crippen LogP contribution in [0.5, 0.6) is 0 Å². The number of hydrogen-bond acceptors (Lipinski definition) is 3. The highest BCUT2D eigenvalue weighted by Crippen LogP contribution is 2.31. The number of likely N-dealkylation sites (tertiary alicyclic amines) is 1. The first kappa shape index (κ1) is 12.1. The van der Waals surface area contributed by atoms with Crippen molar-refractivity contribution in [1.29, 1.82) is 0 Å². The van der Waals surface area contributed by atoms with Crippen LogP contribution in [-0.4, -0.2) is 38.5 Å². The van der Waals surface area contributed by atoms with Crippen LogP contribution in [0.15, 0.2) is 12.3 Å². The van der Waals surface area contributed by atoms with Gasteiger partial charge in [-0.05, 0) is 19.3 Å². The van der Waals surface area contributed by atoms with Crippen LogP contribution in [0, 0.1) is 19.3 Å². The molecule has 0 spiro atoms. The quantitative estimate of drug-likeness (QED) is 0.784. The smallest absolute Gasteiger partial charge is 0.257 e. The molecule has 0 aliphatic carbocycles. The molecule has 0 aromatic carbocycles. The summed E-state index contributed by atoms with van der Waals surface area (Å²) < 4.78 is 1.73. The molecule has 0 unspecified atom stereocenters. The van der Waals surface area contributed by atoms with Gasteiger partial charge in [-0.25, -0.2) is 9.50 Å². The predicted octanol–water partition coefficient (Wildman–Crippen LogP) is 1.83. The van der Waals surface area contributed by atoms with Gasteiger partial charge >= 0.3 is 0 Å². The number of rotatable bonds is 1.